The molecule has 1 aliphatic heterocycles. The second kappa shape index (κ2) is 8.99. The van der Waals surface area contributed by atoms with Crippen molar-refractivity contribution >= 4 is 22.4 Å². The summed E-state index contributed by atoms with van der Waals surface area (Å²) in [5.41, 5.74) is 2.87. The summed E-state index contributed by atoms with van der Waals surface area (Å²) in [5.74, 6) is -2.12. The molecule has 174 valence electrons. The molecule has 7 nitrogen and oxygen atoms in total. The molecular weight excluding hydrogens is 467 g/mol. The van der Waals surface area contributed by atoms with Crippen LogP contribution in [0.4, 0.5) is 18.3 Å². The summed E-state index contributed by atoms with van der Waals surface area (Å²) in [6.07, 6.45) is -4.10. The second-order valence-electron chi connectivity index (χ2n) is 7.77. The van der Waals surface area contributed by atoms with Crippen LogP contribution >= 0.6 is 11.3 Å². The third kappa shape index (κ3) is 4.57. The third-order valence-electron chi connectivity index (χ3n) is 5.54. The van der Waals surface area contributed by atoms with Crippen LogP contribution in [0.15, 0.2) is 64.5 Å². The van der Waals surface area contributed by atoms with E-state index in [1.165, 1.54) is 11.3 Å². The van der Waals surface area contributed by atoms with Crippen molar-refractivity contribution in [1.82, 2.24) is 20.4 Å². The normalized spacial score (nSPS) is 18.2. The summed E-state index contributed by atoms with van der Waals surface area (Å²) in [6, 6.07) is 16.1. The van der Waals surface area contributed by atoms with Crippen molar-refractivity contribution in [1.29, 1.82) is 0 Å². The van der Waals surface area contributed by atoms with Crippen LogP contribution < -0.4 is 10.6 Å². The summed E-state index contributed by atoms with van der Waals surface area (Å²) in [5, 5.41) is 12.1. The van der Waals surface area contributed by atoms with Crippen molar-refractivity contribution in [3.8, 4) is 22.6 Å². The maximum absolute atomic E-state index is 13.1. The quantitative estimate of drug-likeness (QED) is 0.405. The number of alkyl halides is 3. The fourth-order valence-corrected chi connectivity index (χ4v) is 4.66. The molecule has 0 saturated carbocycles. The van der Waals surface area contributed by atoms with Gasteiger partial charge in [0.2, 0.25) is 11.7 Å². The van der Waals surface area contributed by atoms with E-state index >= 15 is 0 Å². The molecule has 2 aromatic heterocycles. The molecule has 0 aliphatic carbocycles. The fraction of sp³-hybridized carbons (Fsp3) is 0.217. The lowest BCUT2D eigenvalue weighted by atomic mass is 9.92. The van der Waals surface area contributed by atoms with Crippen LogP contribution in [0.3, 0.4) is 0 Å². The van der Waals surface area contributed by atoms with Crippen molar-refractivity contribution in [3.05, 3.63) is 71.4 Å². The largest absolute Gasteiger partial charge is 0.471 e. The molecule has 0 spiro atoms. The van der Waals surface area contributed by atoms with Crippen molar-refractivity contribution < 1.29 is 22.5 Å². The van der Waals surface area contributed by atoms with Crippen LogP contribution in [0, 0.1) is 5.92 Å². The minimum Gasteiger partial charge on any atom is -0.329 e. The van der Waals surface area contributed by atoms with Gasteiger partial charge < -0.3 is 15.2 Å². The van der Waals surface area contributed by atoms with Crippen LogP contribution in [0.25, 0.3) is 22.6 Å². The van der Waals surface area contributed by atoms with Crippen LogP contribution in [0.2, 0.25) is 0 Å². The number of carbonyl (C=O) groups is 1. The van der Waals surface area contributed by atoms with Gasteiger partial charge in [-0.3, -0.25) is 4.79 Å². The Hall–Kier alpha value is -3.57. The Bertz CT molecular complexity index is 1310. The molecule has 1 amide bonds. The standard InChI is InChI=1S/C23H18F3N5O2S/c24-23(25,26)21-29-19(31-33-21)15-8-4-7-14(11-15)18-16(9-10-27-18)20(32)30-22-28-17(12-34-22)13-5-2-1-3-6-13/h1-8,11-12,16,18,27H,9-10H2,(H,28,30,32). The van der Waals surface area contributed by atoms with E-state index in [0.29, 0.717) is 23.7 Å². The number of nitrogens with zero attached hydrogens (tertiary/aromatic N) is 3. The molecule has 2 atom stereocenters. The molecule has 2 unspecified atom stereocenters. The average molecular weight is 485 g/mol. The third-order valence-corrected chi connectivity index (χ3v) is 6.29. The highest BCUT2D eigenvalue weighted by molar-refractivity contribution is 7.14. The van der Waals surface area contributed by atoms with Gasteiger partial charge in [-0.25, -0.2) is 4.98 Å². The average Bonchev–Trinajstić information content (AvgIpc) is 3.60. The number of hydrogen-bond acceptors (Lipinski definition) is 7. The first-order chi connectivity index (χ1) is 16.4. The molecule has 0 radical (unpaired) electrons. The SMILES string of the molecule is O=C(Nc1nc(-c2ccccc2)cs1)C1CCNC1c1cccc(-c2noc(C(F)(F)F)n2)c1. The van der Waals surface area contributed by atoms with Crippen LogP contribution in [0.5, 0.6) is 0 Å². The number of hydrogen-bond donors (Lipinski definition) is 2. The van der Waals surface area contributed by atoms with E-state index in [2.05, 4.69) is 30.3 Å². The van der Waals surface area contributed by atoms with Gasteiger partial charge in [0.05, 0.1) is 11.6 Å². The lowest BCUT2D eigenvalue weighted by Crippen LogP contribution is -2.28. The zero-order valence-electron chi connectivity index (χ0n) is 17.5. The highest BCUT2D eigenvalue weighted by atomic mass is 32.1. The molecule has 2 aromatic carbocycles. The number of nitrogens with one attached hydrogen (secondary N) is 2. The summed E-state index contributed by atoms with van der Waals surface area (Å²) >= 11 is 1.35. The van der Waals surface area contributed by atoms with E-state index in [1.807, 2.05) is 41.8 Å². The first kappa shape index (κ1) is 22.2. The van der Waals surface area contributed by atoms with E-state index in [1.54, 1.807) is 18.2 Å². The van der Waals surface area contributed by atoms with E-state index in [0.717, 1.165) is 16.8 Å². The number of aromatic nitrogens is 3. The highest BCUT2D eigenvalue weighted by Gasteiger charge is 2.39. The Kier molecular flexibility index (Phi) is 5.88. The number of thiazole rings is 1. The fourth-order valence-electron chi connectivity index (χ4n) is 3.93. The number of rotatable bonds is 5. The Labute approximate surface area is 196 Å². The Morgan fingerprint density at radius 1 is 1.09 bits per heavy atom. The smallest absolute Gasteiger partial charge is 0.329 e. The van der Waals surface area contributed by atoms with Crippen LogP contribution in [-0.2, 0) is 11.0 Å². The Morgan fingerprint density at radius 3 is 2.65 bits per heavy atom. The summed E-state index contributed by atoms with van der Waals surface area (Å²) in [6.45, 7) is 0.626. The van der Waals surface area contributed by atoms with Crippen molar-refractivity contribution in [2.75, 3.05) is 11.9 Å². The van der Waals surface area contributed by atoms with E-state index in [-0.39, 0.29) is 23.7 Å². The van der Waals surface area contributed by atoms with E-state index in [4.69, 9.17) is 0 Å². The summed E-state index contributed by atoms with van der Waals surface area (Å²) < 4.78 is 42.7. The topological polar surface area (TPSA) is 92.9 Å². The molecule has 3 heterocycles. The van der Waals surface area contributed by atoms with Gasteiger partial charge in [0.25, 0.3) is 0 Å². The molecule has 11 heteroatoms. The first-order valence-corrected chi connectivity index (χ1v) is 11.3. The van der Waals surface area contributed by atoms with Gasteiger partial charge in [0.1, 0.15) is 0 Å². The molecule has 1 aliphatic rings. The van der Waals surface area contributed by atoms with Crippen LogP contribution in [0.1, 0.15) is 23.9 Å². The second-order valence-corrected chi connectivity index (χ2v) is 8.62. The van der Waals surface area contributed by atoms with Gasteiger partial charge >= 0.3 is 12.1 Å². The maximum Gasteiger partial charge on any atom is 0.471 e. The molecule has 1 saturated heterocycles. The molecule has 4 aromatic rings. The maximum atomic E-state index is 13.1. The minimum atomic E-state index is -4.71. The lowest BCUT2D eigenvalue weighted by molar-refractivity contribution is -0.159. The zero-order chi connectivity index (χ0) is 23.7. The van der Waals surface area contributed by atoms with Crippen molar-refractivity contribution in [3.63, 3.8) is 0 Å². The Balaban J connectivity index is 1.32. The summed E-state index contributed by atoms with van der Waals surface area (Å²) in [4.78, 5) is 21.0. The van der Waals surface area contributed by atoms with Gasteiger partial charge in [-0.15, -0.1) is 11.3 Å². The molecule has 1 fully saturated rings. The minimum absolute atomic E-state index is 0.163. The van der Waals surface area contributed by atoms with Gasteiger partial charge in [-0.1, -0.05) is 53.7 Å². The first-order valence-electron chi connectivity index (χ1n) is 10.4. The van der Waals surface area contributed by atoms with Gasteiger partial charge in [0.15, 0.2) is 5.13 Å². The number of anilines is 1. The number of halogens is 3. The summed E-state index contributed by atoms with van der Waals surface area (Å²) in [7, 11) is 0. The monoisotopic (exact) mass is 485 g/mol. The molecule has 0 bridgehead atoms. The zero-order valence-corrected chi connectivity index (χ0v) is 18.4. The highest BCUT2D eigenvalue weighted by Crippen LogP contribution is 2.34. The predicted molar refractivity (Wildman–Crippen MR) is 120 cm³/mol. The molecule has 2 N–H and O–H groups in total. The van der Waals surface area contributed by atoms with Crippen LogP contribution in [-0.4, -0.2) is 27.6 Å². The van der Waals surface area contributed by atoms with Gasteiger partial charge in [-0.2, -0.15) is 18.2 Å². The van der Waals surface area contributed by atoms with Gasteiger partial charge in [-0.05, 0) is 24.6 Å². The van der Waals surface area contributed by atoms with Gasteiger partial charge in [0, 0.05) is 22.5 Å². The molecular formula is C23H18F3N5O2S. The molecule has 34 heavy (non-hydrogen) atoms. The number of amides is 1. The number of benzene rings is 2. The lowest BCUT2D eigenvalue weighted by Gasteiger charge is -2.19. The number of carbonyl (C=O) groups excluding carboxylic acids is 1. The van der Waals surface area contributed by atoms with E-state index < -0.39 is 12.1 Å². The van der Waals surface area contributed by atoms with E-state index in [9.17, 15) is 18.0 Å². The molecule has 5 rings (SSSR count). The Morgan fingerprint density at radius 2 is 1.88 bits per heavy atom. The predicted octanol–water partition coefficient (Wildman–Crippen LogP) is 5.17. The van der Waals surface area contributed by atoms with Crippen molar-refractivity contribution in [2.24, 2.45) is 5.92 Å². The van der Waals surface area contributed by atoms with Crippen molar-refractivity contribution in [2.45, 2.75) is 18.6 Å².